The van der Waals surface area contributed by atoms with Gasteiger partial charge in [-0.05, 0) is 42.1 Å². The number of hydrogen-bond donors (Lipinski definition) is 3. The Morgan fingerprint density at radius 2 is 2.14 bits per heavy atom. The molecule has 0 bridgehead atoms. The van der Waals surface area contributed by atoms with Gasteiger partial charge in [-0.25, -0.2) is 0 Å². The fraction of sp³-hybridized carbons (Fsp3) is 0.200. The zero-order valence-corrected chi connectivity index (χ0v) is 12.3. The maximum Gasteiger partial charge on any atom is 0.305 e. The highest BCUT2D eigenvalue weighted by molar-refractivity contribution is 7.10. The summed E-state index contributed by atoms with van der Waals surface area (Å²) in [6, 6.07) is 8.09. The highest BCUT2D eigenvalue weighted by Crippen LogP contribution is 2.23. The molecule has 0 spiro atoms. The topological polar surface area (TPSA) is 92.4 Å². The summed E-state index contributed by atoms with van der Waals surface area (Å²) in [6.07, 6.45) is -0.153. The fourth-order valence-electron chi connectivity index (χ4n) is 1.95. The smallest absolute Gasteiger partial charge is 0.305 e. The Bertz CT molecular complexity index is 653. The maximum atomic E-state index is 12.3. The monoisotopic (exact) mass is 304 g/mol. The first-order valence-electron chi connectivity index (χ1n) is 6.39. The lowest BCUT2D eigenvalue weighted by molar-refractivity contribution is -0.137. The number of thiophene rings is 1. The van der Waals surface area contributed by atoms with Crippen molar-refractivity contribution >= 4 is 28.9 Å². The van der Waals surface area contributed by atoms with Gasteiger partial charge in [0.1, 0.15) is 0 Å². The van der Waals surface area contributed by atoms with Crippen molar-refractivity contribution < 1.29 is 14.7 Å². The van der Waals surface area contributed by atoms with Crippen molar-refractivity contribution in [2.24, 2.45) is 0 Å². The number of carbonyl (C=O) groups is 2. The third-order valence-electron chi connectivity index (χ3n) is 3.10. The number of nitrogens with two attached hydrogens (primary N) is 1. The van der Waals surface area contributed by atoms with Crippen molar-refractivity contribution in [3.8, 4) is 0 Å². The highest BCUT2D eigenvalue weighted by Gasteiger charge is 2.19. The largest absolute Gasteiger partial charge is 0.481 e. The van der Waals surface area contributed by atoms with Crippen LogP contribution < -0.4 is 11.1 Å². The second-order valence-electron chi connectivity index (χ2n) is 4.71. The van der Waals surface area contributed by atoms with Gasteiger partial charge in [0.15, 0.2) is 0 Å². The Morgan fingerprint density at radius 1 is 1.38 bits per heavy atom. The summed E-state index contributed by atoms with van der Waals surface area (Å²) in [4.78, 5) is 24.0. The van der Waals surface area contributed by atoms with E-state index in [1.807, 2.05) is 24.4 Å². The van der Waals surface area contributed by atoms with Gasteiger partial charge in [-0.1, -0.05) is 6.07 Å². The predicted octanol–water partition coefficient (Wildman–Crippen LogP) is 2.58. The van der Waals surface area contributed by atoms with Crippen LogP contribution >= 0.6 is 11.3 Å². The maximum absolute atomic E-state index is 12.3. The van der Waals surface area contributed by atoms with Crippen LogP contribution in [0, 0.1) is 6.92 Å². The van der Waals surface area contributed by atoms with Gasteiger partial charge in [-0.2, -0.15) is 0 Å². The van der Waals surface area contributed by atoms with Crippen LogP contribution in [0.3, 0.4) is 0 Å². The lowest BCUT2D eigenvalue weighted by Crippen LogP contribution is -2.29. The van der Waals surface area contributed by atoms with E-state index >= 15 is 0 Å². The quantitative estimate of drug-likeness (QED) is 0.740. The minimum absolute atomic E-state index is 0.153. The first kappa shape index (κ1) is 15.1. The van der Waals surface area contributed by atoms with Gasteiger partial charge in [0.2, 0.25) is 0 Å². The summed E-state index contributed by atoms with van der Waals surface area (Å²) >= 11 is 1.42. The molecule has 1 aromatic heterocycles. The number of benzene rings is 1. The van der Waals surface area contributed by atoms with Gasteiger partial charge in [0.25, 0.3) is 5.91 Å². The number of anilines is 1. The lowest BCUT2D eigenvalue weighted by Gasteiger charge is -2.16. The molecule has 6 heteroatoms. The van der Waals surface area contributed by atoms with E-state index in [4.69, 9.17) is 10.8 Å². The number of carbonyl (C=O) groups excluding carboxylic acids is 1. The van der Waals surface area contributed by atoms with Crippen molar-refractivity contribution in [2.45, 2.75) is 19.4 Å². The number of aryl methyl sites for hydroxylation is 1. The molecule has 110 valence electrons. The number of carboxylic acids is 1. The van der Waals surface area contributed by atoms with E-state index in [2.05, 4.69) is 5.32 Å². The summed E-state index contributed by atoms with van der Waals surface area (Å²) in [5, 5.41) is 13.6. The van der Waals surface area contributed by atoms with Crippen LogP contribution in [0.5, 0.6) is 0 Å². The molecular formula is C15H16N2O3S. The SMILES string of the molecule is Cc1cc(C(=O)NC(CC(=O)O)c2cccs2)ccc1N. The standard InChI is InChI=1S/C15H16N2O3S/c1-9-7-10(4-5-11(9)16)15(20)17-12(8-14(18)19)13-3-2-6-21-13/h2-7,12H,8,16H2,1H3,(H,17,20)(H,18,19). The molecule has 1 heterocycles. The summed E-state index contributed by atoms with van der Waals surface area (Å²) in [6.45, 7) is 1.82. The predicted molar refractivity (Wildman–Crippen MR) is 82.4 cm³/mol. The minimum atomic E-state index is -0.956. The minimum Gasteiger partial charge on any atom is -0.481 e. The van der Waals surface area contributed by atoms with E-state index in [1.165, 1.54) is 11.3 Å². The molecule has 1 aromatic carbocycles. The van der Waals surface area contributed by atoms with Gasteiger partial charge >= 0.3 is 5.97 Å². The van der Waals surface area contributed by atoms with Gasteiger partial charge in [0.05, 0.1) is 12.5 Å². The van der Waals surface area contributed by atoms with Crippen molar-refractivity contribution in [1.82, 2.24) is 5.32 Å². The number of hydrogen-bond acceptors (Lipinski definition) is 4. The molecule has 21 heavy (non-hydrogen) atoms. The highest BCUT2D eigenvalue weighted by atomic mass is 32.1. The molecule has 1 amide bonds. The average molecular weight is 304 g/mol. The van der Waals surface area contributed by atoms with Gasteiger partial charge in [0, 0.05) is 16.1 Å². The van der Waals surface area contributed by atoms with E-state index in [9.17, 15) is 9.59 Å². The molecule has 5 nitrogen and oxygen atoms in total. The summed E-state index contributed by atoms with van der Waals surface area (Å²) in [5.41, 5.74) is 7.62. The Hall–Kier alpha value is -2.34. The molecule has 0 aliphatic heterocycles. The number of nitrogens with one attached hydrogen (secondary N) is 1. The van der Waals surface area contributed by atoms with E-state index in [0.29, 0.717) is 11.3 Å². The number of nitrogen functional groups attached to an aromatic ring is 1. The van der Waals surface area contributed by atoms with Crippen molar-refractivity contribution in [1.29, 1.82) is 0 Å². The Morgan fingerprint density at radius 3 is 2.71 bits per heavy atom. The third kappa shape index (κ3) is 3.82. The molecule has 0 saturated carbocycles. The summed E-state index contributed by atoms with van der Waals surface area (Å²) in [5.74, 6) is -1.26. The van der Waals surface area contributed by atoms with Gasteiger partial charge < -0.3 is 16.2 Å². The van der Waals surface area contributed by atoms with Crippen LogP contribution in [0.25, 0.3) is 0 Å². The molecule has 0 fully saturated rings. The third-order valence-corrected chi connectivity index (χ3v) is 4.09. The van der Waals surface area contributed by atoms with E-state index in [1.54, 1.807) is 18.2 Å². The van der Waals surface area contributed by atoms with Gasteiger partial charge in [-0.15, -0.1) is 11.3 Å². The second kappa shape index (κ2) is 6.41. The fourth-order valence-corrected chi connectivity index (χ4v) is 2.72. The molecule has 4 N–H and O–H groups in total. The van der Waals surface area contributed by atoms with Gasteiger partial charge in [-0.3, -0.25) is 9.59 Å². The molecular weight excluding hydrogens is 288 g/mol. The normalized spacial score (nSPS) is 11.9. The van der Waals surface area contributed by atoms with E-state index < -0.39 is 12.0 Å². The van der Waals surface area contributed by atoms with Crippen LogP contribution in [0.4, 0.5) is 5.69 Å². The Balaban J connectivity index is 2.17. The van der Waals surface area contributed by atoms with Crippen LogP contribution in [0.15, 0.2) is 35.7 Å². The molecule has 0 saturated heterocycles. The average Bonchev–Trinajstić information content (AvgIpc) is 2.94. The second-order valence-corrected chi connectivity index (χ2v) is 5.69. The molecule has 2 aromatic rings. The van der Waals surface area contributed by atoms with Crippen molar-refractivity contribution in [2.75, 3.05) is 5.73 Å². The first-order valence-corrected chi connectivity index (χ1v) is 7.27. The molecule has 1 unspecified atom stereocenters. The molecule has 0 radical (unpaired) electrons. The van der Waals surface area contributed by atoms with Crippen LogP contribution in [-0.4, -0.2) is 17.0 Å². The van der Waals surface area contributed by atoms with E-state index in [-0.39, 0.29) is 12.3 Å². The number of rotatable bonds is 5. The lowest BCUT2D eigenvalue weighted by atomic mass is 10.1. The molecule has 0 aliphatic rings. The molecule has 1 atom stereocenters. The molecule has 2 rings (SSSR count). The Kier molecular flexibility index (Phi) is 4.59. The summed E-state index contributed by atoms with van der Waals surface area (Å²) < 4.78 is 0. The zero-order valence-electron chi connectivity index (χ0n) is 11.5. The van der Waals surface area contributed by atoms with Crippen LogP contribution in [-0.2, 0) is 4.79 Å². The number of amides is 1. The first-order chi connectivity index (χ1) is 9.97. The van der Waals surface area contributed by atoms with Crippen LogP contribution in [0.2, 0.25) is 0 Å². The summed E-state index contributed by atoms with van der Waals surface area (Å²) in [7, 11) is 0. The number of carboxylic acid groups (broad SMARTS) is 1. The van der Waals surface area contributed by atoms with Crippen LogP contribution in [0.1, 0.15) is 33.3 Å². The van der Waals surface area contributed by atoms with E-state index in [0.717, 1.165) is 10.4 Å². The van der Waals surface area contributed by atoms with Crippen molar-refractivity contribution in [3.63, 3.8) is 0 Å². The Labute approximate surface area is 126 Å². The molecule has 0 aliphatic carbocycles. The zero-order chi connectivity index (χ0) is 15.4. The van der Waals surface area contributed by atoms with Crippen molar-refractivity contribution in [3.05, 3.63) is 51.7 Å². The number of aliphatic carboxylic acids is 1.